The second-order valence-corrected chi connectivity index (χ2v) is 1.14. The van der Waals surface area contributed by atoms with Gasteiger partial charge < -0.3 is 0 Å². The van der Waals surface area contributed by atoms with Gasteiger partial charge in [-0.1, -0.05) is 0 Å². The number of ketones is 1. The monoisotopic (exact) mass is 104 g/mol. The summed E-state index contributed by atoms with van der Waals surface area (Å²) in [7, 11) is 0. The zero-order valence-corrected chi connectivity index (χ0v) is 3.85. The first kappa shape index (κ1) is 6.27. The fourth-order valence-corrected chi connectivity index (χ4v) is 0.0938. The van der Waals surface area contributed by atoms with Crippen LogP contribution in [0.2, 0.25) is 0 Å². The maximum absolute atomic E-state index is 11.5. The average Bonchev–Trinajstić information content (AvgIpc) is 1.65. The van der Waals surface area contributed by atoms with Gasteiger partial charge in [-0.15, -0.1) is 0 Å². The fraction of sp³-hybridized carbons (Fsp3) is 0.500. The van der Waals surface area contributed by atoms with E-state index in [1.165, 1.54) is 0 Å². The van der Waals surface area contributed by atoms with E-state index in [-0.39, 0.29) is 6.29 Å². The second kappa shape index (κ2) is 2.44. The largest absolute Gasteiger partial charge is 0.294 e. The quantitative estimate of drug-likeness (QED) is 0.368. The number of carbonyl (C=O) groups is 2. The first-order valence-corrected chi connectivity index (χ1v) is 1.81. The third-order valence-electron chi connectivity index (χ3n) is 0.508. The summed E-state index contributed by atoms with van der Waals surface area (Å²) < 4.78 is 11.5. The lowest BCUT2D eigenvalue weighted by Gasteiger charge is -1.85. The van der Waals surface area contributed by atoms with Crippen molar-refractivity contribution in [2.24, 2.45) is 0 Å². The zero-order chi connectivity index (χ0) is 5.86. The molecule has 0 aromatic heterocycles. The third-order valence-corrected chi connectivity index (χ3v) is 0.508. The molecule has 0 saturated heterocycles. The lowest BCUT2D eigenvalue weighted by Crippen LogP contribution is -2.11. The van der Waals surface area contributed by atoms with Gasteiger partial charge in [0.1, 0.15) is 0 Å². The summed E-state index contributed by atoms with van der Waals surface area (Å²) in [6.07, 6.45) is -1.66. The molecule has 0 bridgehead atoms. The van der Waals surface area contributed by atoms with E-state index in [1.807, 2.05) is 0 Å². The summed E-state index contributed by atoms with van der Waals surface area (Å²) >= 11 is 0. The molecule has 7 heavy (non-hydrogen) atoms. The van der Waals surface area contributed by atoms with Crippen LogP contribution in [0.3, 0.4) is 0 Å². The lowest BCUT2D eigenvalue weighted by atomic mass is 10.3. The van der Waals surface area contributed by atoms with E-state index in [4.69, 9.17) is 0 Å². The number of Topliss-reactive ketones (excluding diaryl/α,β-unsaturated/α-hetero) is 1. The molecule has 0 fully saturated rings. The van der Waals surface area contributed by atoms with Crippen LogP contribution >= 0.6 is 0 Å². The van der Waals surface area contributed by atoms with Gasteiger partial charge in [0.25, 0.3) is 0 Å². The Labute approximate surface area is 40.3 Å². The van der Waals surface area contributed by atoms with Crippen molar-refractivity contribution in [1.29, 1.82) is 0 Å². The summed E-state index contributed by atoms with van der Waals surface area (Å²) in [5, 5.41) is 0. The smallest absolute Gasteiger partial charge is 0.228 e. The predicted octanol–water partition coefficient (Wildman–Crippen LogP) is 0.112. The minimum atomic E-state index is -1.64. The van der Waals surface area contributed by atoms with Crippen LogP contribution in [0.25, 0.3) is 0 Å². The van der Waals surface area contributed by atoms with Crippen molar-refractivity contribution in [3.8, 4) is 0 Å². The molecule has 0 amide bonds. The van der Waals surface area contributed by atoms with Gasteiger partial charge in [0.05, 0.1) is 0 Å². The number of hydrogen-bond acceptors (Lipinski definition) is 2. The van der Waals surface area contributed by atoms with Crippen molar-refractivity contribution >= 4 is 12.1 Å². The Morgan fingerprint density at radius 2 is 2.29 bits per heavy atom. The van der Waals surface area contributed by atoms with Crippen LogP contribution in [-0.4, -0.2) is 18.2 Å². The highest BCUT2D eigenvalue weighted by Gasteiger charge is 2.06. The minimum absolute atomic E-state index is 0.0231. The molecular weight excluding hydrogens is 99.0 g/mol. The second-order valence-electron chi connectivity index (χ2n) is 1.14. The van der Waals surface area contributed by atoms with E-state index in [1.54, 1.807) is 0 Å². The topological polar surface area (TPSA) is 34.1 Å². The molecule has 3 heteroatoms. The molecule has 0 radical (unpaired) electrons. The maximum atomic E-state index is 11.5. The van der Waals surface area contributed by atoms with E-state index < -0.39 is 12.0 Å². The summed E-state index contributed by atoms with van der Waals surface area (Å²) in [6, 6.07) is 0. The number of rotatable bonds is 2. The number of alkyl halides is 1. The van der Waals surface area contributed by atoms with Crippen LogP contribution in [0.1, 0.15) is 6.92 Å². The number of hydrogen-bond donors (Lipinski definition) is 0. The molecule has 0 aromatic carbocycles. The summed E-state index contributed by atoms with van der Waals surface area (Å²) in [5.41, 5.74) is 0. The van der Waals surface area contributed by atoms with Gasteiger partial charge in [0, 0.05) is 0 Å². The Hall–Kier alpha value is -0.730. The van der Waals surface area contributed by atoms with Crippen molar-refractivity contribution in [2.45, 2.75) is 13.1 Å². The third kappa shape index (κ3) is 2.03. The molecule has 0 rings (SSSR count). The van der Waals surface area contributed by atoms with Gasteiger partial charge in [-0.3, -0.25) is 9.59 Å². The Morgan fingerprint density at radius 3 is 2.29 bits per heavy atom. The van der Waals surface area contributed by atoms with Gasteiger partial charge >= 0.3 is 0 Å². The predicted molar refractivity (Wildman–Crippen MR) is 21.6 cm³/mol. The van der Waals surface area contributed by atoms with Crippen molar-refractivity contribution < 1.29 is 14.0 Å². The van der Waals surface area contributed by atoms with Gasteiger partial charge in [-0.05, 0) is 6.92 Å². The highest BCUT2D eigenvalue weighted by molar-refractivity contribution is 6.26. The van der Waals surface area contributed by atoms with Crippen LogP contribution in [0.15, 0.2) is 0 Å². The Balaban J connectivity index is 3.56. The molecule has 0 aliphatic carbocycles. The van der Waals surface area contributed by atoms with E-state index in [9.17, 15) is 14.0 Å². The molecule has 1 unspecified atom stereocenters. The molecule has 0 aliphatic rings. The molecule has 0 heterocycles. The lowest BCUT2D eigenvalue weighted by molar-refractivity contribution is -0.132. The van der Waals surface area contributed by atoms with Crippen molar-refractivity contribution in [1.82, 2.24) is 0 Å². The van der Waals surface area contributed by atoms with Gasteiger partial charge in [0.2, 0.25) is 5.78 Å². The normalized spacial score (nSPS) is 12.9. The van der Waals surface area contributed by atoms with Gasteiger partial charge in [-0.2, -0.15) is 0 Å². The summed E-state index contributed by atoms with van der Waals surface area (Å²) in [5.74, 6) is -1.000. The molecular formula is C4H5FO2. The summed E-state index contributed by atoms with van der Waals surface area (Å²) in [6.45, 7) is 1.02. The molecule has 40 valence electrons. The Kier molecular flexibility index (Phi) is 2.19. The molecule has 0 N–H and O–H groups in total. The van der Waals surface area contributed by atoms with Crippen LogP contribution in [0.4, 0.5) is 4.39 Å². The van der Waals surface area contributed by atoms with E-state index in [0.717, 1.165) is 6.92 Å². The molecule has 2 nitrogen and oxygen atoms in total. The standard InChI is InChI=1S/C4H5FO2/c1-3(5)4(7)2-6/h2-3H,1H3. The van der Waals surface area contributed by atoms with E-state index in [0.29, 0.717) is 0 Å². The molecule has 0 spiro atoms. The first-order chi connectivity index (χ1) is 3.18. The van der Waals surface area contributed by atoms with Crippen LogP contribution in [-0.2, 0) is 9.59 Å². The van der Waals surface area contributed by atoms with Gasteiger partial charge in [0.15, 0.2) is 12.5 Å². The van der Waals surface area contributed by atoms with Crippen molar-refractivity contribution in [3.05, 3.63) is 0 Å². The Bertz CT molecular complexity index is 87.7. The number of halogens is 1. The minimum Gasteiger partial charge on any atom is -0.294 e. The SMILES string of the molecule is CC(F)C(=O)C=O. The highest BCUT2D eigenvalue weighted by Crippen LogP contribution is 1.84. The highest BCUT2D eigenvalue weighted by atomic mass is 19.1. The van der Waals surface area contributed by atoms with Crippen molar-refractivity contribution in [2.75, 3.05) is 0 Å². The fourth-order valence-electron chi connectivity index (χ4n) is 0.0938. The summed E-state index contributed by atoms with van der Waals surface area (Å²) in [4.78, 5) is 19.1. The van der Waals surface area contributed by atoms with Crippen molar-refractivity contribution in [3.63, 3.8) is 0 Å². The van der Waals surface area contributed by atoms with Crippen LogP contribution in [0.5, 0.6) is 0 Å². The molecule has 0 aromatic rings. The molecule has 0 aliphatic heterocycles. The van der Waals surface area contributed by atoms with Crippen LogP contribution < -0.4 is 0 Å². The number of aldehydes is 1. The van der Waals surface area contributed by atoms with E-state index >= 15 is 0 Å². The van der Waals surface area contributed by atoms with Crippen LogP contribution in [0, 0.1) is 0 Å². The van der Waals surface area contributed by atoms with Gasteiger partial charge in [-0.25, -0.2) is 4.39 Å². The zero-order valence-electron chi connectivity index (χ0n) is 3.85. The molecule has 1 atom stereocenters. The Morgan fingerprint density at radius 1 is 1.86 bits per heavy atom. The first-order valence-electron chi connectivity index (χ1n) is 1.81. The average molecular weight is 104 g/mol. The van der Waals surface area contributed by atoms with E-state index in [2.05, 4.69) is 0 Å². The maximum Gasteiger partial charge on any atom is 0.228 e. The number of carbonyl (C=O) groups excluding carboxylic acids is 2. The molecule has 0 saturated carbocycles.